The maximum Gasteiger partial charge on any atom is 0.227 e. The van der Waals surface area contributed by atoms with Crippen molar-refractivity contribution in [2.45, 2.75) is 18.9 Å². The van der Waals surface area contributed by atoms with E-state index in [-0.39, 0.29) is 11.8 Å². The van der Waals surface area contributed by atoms with E-state index in [0.29, 0.717) is 34.6 Å². The van der Waals surface area contributed by atoms with Crippen LogP contribution in [0.25, 0.3) is 11.0 Å². The van der Waals surface area contributed by atoms with Crippen LogP contribution in [0, 0.1) is 0 Å². The molecule has 1 unspecified atom stereocenters. The summed E-state index contributed by atoms with van der Waals surface area (Å²) in [6.07, 6.45) is 0.385. The number of para-hydroxylation sites is 3. The average Bonchev–Trinajstić information content (AvgIpc) is 3.32. The Balaban J connectivity index is 1.54. The van der Waals surface area contributed by atoms with Crippen LogP contribution in [0.1, 0.15) is 23.7 Å². The Hall–Kier alpha value is -2.53. The lowest BCUT2D eigenvalue weighted by Crippen LogP contribution is -2.24. The second-order valence-electron chi connectivity index (χ2n) is 7.65. The molecule has 1 aliphatic heterocycles. The zero-order valence-electron chi connectivity index (χ0n) is 16.4. The molecule has 7 heteroatoms. The van der Waals surface area contributed by atoms with Gasteiger partial charge in [0.15, 0.2) is 0 Å². The fourth-order valence-corrected chi connectivity index (χ4v) is 4.73. The largest absolute Gasteiger partial charge is 0.323 e. The van der Waals surface area contributed by atoms with Crippen LogP contribution in [0.5, 0.6) is 0 Å². The minimum atomic E-state index is -0.0426. The number of aromatic nitrogens is 2. The Bertz CT molecular complexity index is 1300. The molecule has 4 aromatic rings. The summed E-state index contributed by atoms with van der Waals surface area (Å²) < 4.78 is 2.17. The highest BCUT2D eigenvalue weighted by atomic mass is 35.5. The Labute approximate surface area is 195 Å². The van der Waals surface area contributed by atoms with Crippen LogP contribution < -0.4 is 4.90 Å². The van der Waals surface area contributed by atoms with Crippen molar-refractivity contribution in [2.75, 3.05) is 11.4 Å². The second-order valence-corrected chi connectivity index (χ2v) is 8.87. The summed E-state index contributed by atoms with van der Waals surface area (Å²) in [5.41, 5.74) is 3.68. The lowest BCUT2D eigenvalue weighted by Gasteiger charge is -2.18. The molecule has 2 heterocycles. The number of fused-ring (bicyclic) bond motifs is 1. The molecular formula is C24H18Cl3N3O. The van der Waals surface area contributed by atoms with Crippen molar-refractivity contribution in [3.63, 3.8) is 0 Å². The van der Waals surface area contributed by atoms with Crippen LogP contribution in [-0.4, -0.2) is 22.0 Å². The molecule has 0 N–H and O–H groups in total. The highest BCUT2D eigenvalue weighted by molar-refractivity contribution is 6.42. The van der Waals surface area contributed by atoms with Crippen molar-refractivity contribution in [1.29, 1.82) is 0 Å². The van der Waals surface area contributed by atoms with Crippen LogP contribution >= 0.6 is 34.8 Å². The summed E-state index contributed by atoms with van der Waals surface area (Å²) in [4.78, 5) is 19.5. The van der Waals surface area contributed by atoms with Gasteiger partial charge >= 0.3 is 0 Å². The van der Waals surface area contributed by atoms with E-state index in [9.17, 15) is 4.79 Å². The summed E-state index contributed by atoms with van der Waals surface area (Å²) in [5.74, 6) is 0.889. The first-order valence-corrected chi connectivity index (χ1v) is 11.1. The van der Waals surface area contributed by atoms with E-state index in [2.05, 4.69) is 4.57 Å². The summed E-state index contributed by atoms with van der Waals surface area (Å²) in [6, 6.07) is 21.1. The Morgan fingerprint density at radius 2 is 1.68 bits per heavy atom. The van der Waals surface area contributed by atoms with Gasteiger partial charge in [0.2, 0.25) is 5.91 Å². The third-order valence-electron chi connectivity index (χ3n) is 5.64. The lowest BCUT2D eigenvalue weighted by molar-refractivity contribution is -0.117. The van der Waals surface area contributed by atoms with E-state index in [1.807, 2.05) is 54.6 Å². The number of carbonyl (C=O) groups is 1. The van der Waals surface area contributed by atoms with E-state index in [0.717, 1.165) is 28.1 Å². The normalized spacial score (nSPS) is 16.4. The van der Waals surface area contributed by atoms with Crippen LogP contribution in [0.2, 0.25) is 15.1 Å². The maximum atomic E-state index is 12.9. The van der Waals surface area contributed by atoms with Gasteiger partial charge in [-0.2, -0.15) is 0 Å². The van der Waals surface area contributed by atoms with E-state index in [4.69, 9.17) is 39.8 Å². The molecular weight excluding hydrogens is 453 g/mol. The molecule has 4 nitrogen and oxygen atoms in total. The van der Waals surface area contributed by atoms with Crippen LogP contribution in [0.3, 0.4) is 0 Å². The first-order chi connectivity index (χ1) is 15.0. The summed E-state index contributed by atoms with van der Waals surface area (Å²) >= 11 is 18.7. The Morgan fingerprint density at radius 3 is 2.48 bits per heavy atom. The zero-order valence-corrected chi connectivity index (χ0v) is 18.7. The molecule has 5 rings (SSSR count). The number of hydrogen-bond acceptors (Lipinski definition) is 2. The number of imidazole rings is 1. The molecule has 0 spiro atoms. The van der Waals surface area contributed by atoms with Gasteiger partial charge in [0.05, 0.1) is 31.8 Å². The number of carbonyl (C=O) groups excluding carboxylic acids is 1. The summed E-state index contributed by atoms with van der Waals surface area (Å²) in [7, 11) is 0. The average molecular weight is 471 g/mol. The van der Waals surface area contributed by atoms with E-state index >= 15 is 0 Å². The standard InChI is InChI=1S/C24H18Cl3N3O/c25-17-10-9-15(11-19(17)27)13-30-22-8-4-2-6-20(22)28-24(30)16-12-23(31)29(14-16)21-7-3-1-5-18(21)26/h1-11,16H,12-14H2. The van der Waals surface area contributed by atoms with Crippen LogP contribution in [0.15, 0.2) is 66.7 Å². The number of benzene rings is 3. The molecule has 1 fully saturated rings. The molecule has 0 radical (unpaired) electrons. The molecule has 156 valence electrons. The predicted molar refractivity (Wildman–Crippen MR) is 126 cm³/mol. The molecule has 1 aromatic heterocycles. The molecule has 1 aliphatic rings. The molecule has 1 saturated heterocycles. The Morgan fingerprint density at radius 1 is 0.903 bits per heavy atom. The van der Waals surface area contributed by atoms with Crippen molar-refractivity contribution >= 4 is 57.4 Å². The predicted octanol–water partition coefficient (Wildman–Crippen LogP) is 6.57. The van der Waals surface area contributed by atoms with E-state index < -0.39 is 0 Å². The SMILES string of the molecule is O=C1CC(c2nc3ccccc3n2Cc2ccc(Cl)c(Cl)c2)CN1c1ccccc1Cl. The van der Waals surface area contributed by atoms with Gasteiger partial charge in [-0.15, -0.1) is 0 Å². The number of hydrogen-bond donors (Lipinski definition) is 0. The van der Waals surface area contributed by atoms with Gasteiger partial charge in [-0.3, -0.25) is 4.79 Å². The summed E-state index contributed by atoms with van der Waals surface area (Å²) in [6.45, 7) is 1.12. The highest BCUT2D eigenvalue weighted by Gasteiger charge is 2.35. The maximum absolute atomic E-state index is 12.9. The summed E-state index contributed by atoms with van der Waals surface area (Å²) in [5, 5.41) is 1.62. The van der Waals surface area contributed by atoms with Gasteiger partial charge in [0.1, 0.15) is 5.82 Å². The second kappa shape index (κ2) is 8.19. The lowest BCUT2D eigenvalue weighted by atomic mass is 10.1. The van der Waals surface area contributed by atoms with Gasteiger partial charge < -0.3 is 9.47 Å². The minimum absolute atomic E-state index is 0.0426. The monoisotopic (exact) mass is 469 g/mol. The number of rotatable bonds is 4. The van der Waals surface area contributed by atoms with Crippen molar-refractivity contribution in [3.05, 3.63) is 93.2 Å². The van der Waals surface area contributed by atoms with Crippen LogP contribution in [0.4, 0.5) is 5.69 Å². The quantitative estimate of drug-likeness (QED) is 0.338. The topological polar surface area (TPSA) is 38.1 Å². The smallest absolute Gasteiger partial charge is 0.227 e. The highest BCUT2D eigenvalue weighted by Crippen LogP contribution is 2.36. The number of nitrogens with zero attached hydrogens (tertiary/aromatic N) is 3. The molecule has 1 amide bonds. The molecule has 1 atom stereocenters. The molecule has 0 saturated carbocycles. The van der Waals surface area contributed by atoms with Gasteiger partial charge in [-0.25, -0.2) is 4.98 Å². The van der Waals surface area contributed by atoms with Crippen molar-refractivity contribution < 1.29 is 4.79 Å². The fourth-order valence-electron chi connectivity index (χ4n) is 4.18. The van der Waals surface area contributed by atoms with Crippen LogP contribution in [-0.2, 0) is 11.3 Å². The first-order valence-electron chi connectivity index (χ1n) is 9.95. The molecule has 3 aromatic carbocycles. The third kappa shape index (κ3) is 3.80. The Kier molecular flexibility index (Phi) is 5.39. The van der Waals surface area contributed by atoms with E-state index in [1.165, 1.54) is 0 Å². The minimum Gasteiger partial charge on any atom is -0.323 e. The zero-order chi connectivity index (χ0) is 21.5. The van der Waals surface area contributed by atoms with Crippen molar-refractivity contribution in [3.8, 4) is 0 Å². The molecule has 0 aliphatic carbocycles. The molecule has 0 bridgehead atoms. The number of amides is 1. The number of anilines is 1. The number of halogens is 3. The van der Waals surface area contributed by atoms with Gasteiger partial charge in [0, 0.05) is 25.4 Å². The van der Waals surface area contributed by atoms with E-state index in [1.54, 1.807) is 17.0 Å². The molecule has 31 heavy (non-hydrogen) atoms. The van der Waals surface area contributed by atoms with Gasteiger partial charge in [-0.05, 0) is 42.0 Å². The van der Waals surface area contributed by atoms with Crippen molar-refractivity contribution in [1.82, 2.24) is 9.55 Å². The van der Waals surface area contributed by atoms with Gasteiger partial charge in [0.25, 0.3) is 0 Å². The van der Waals surface area contributed by atoms with Crippen molar-refractivity contribution in [2.24, 2.45) is 0 Å². The van der Waals surface area contributed by atoms with Gasteiger partial charge in [-0.1, -0.05) is 65.1 Å². The fraction of sp³-hybridized carbons (Fsp3) is 0.167. The third-order valence-corrected chi connectivity index (χ3v) is 6.70. The first kappa shape index (κ1) is 20.4.